The van der Waals surface area contributed by atoms with E-state index in [4.69, 9.17) is 0 Å². The summed E-state index contributed by atoms with van der Waals surface area (Å²) in [5.41, 5.74) is 2.36. The van der Waals surface area contributed by atoms with Crippen LogP contribution in [0.4, 0.5) is 0 Å². The van der Waals surface area contributed by atoms with Gasteiger partial charge in [-0.1, -0.05) is 12.2 Å². The van der Waals surface area contributed by atoms with Crippen molar-refractivity contribution in [1.82, 2.24) is 4.98 Å². The Kier molecular flexibility index (Phi) is 3.88. The molecule has 12 heavy (non-hydrogen) atoms. The molecule has 0 aliphatic carbocycles. The van der Waals surface area contributed by atoms with Crippen molar-refractivity contribution < 1.29 is 0 Å². The third-order valence-electron chi connectivity index (χ3n) is 1.50. The average Bonchev–Trinajstić information content (AvgIpc) is 2.05. The Balaban J connectivity index is 2.63. The van der Waals surface area contributed by atoms with Crippen LogP contribution in [-0.2, 0) is 0 Å². The van der Waals surface area contributed by atoms with E-state index >= 15 is 0 Å². The summed E-state index contributed by atoms with van der Waals surface area (Å²) in [6.45, 7) is 2.04. The largest absolute Gasteiger partial charge is 0.264 e. The zero-order chi connectivity index (χ0) is 8.81. The number of allylic oxidation sites excluding steroid dienone is 1. The molecule has 1 aromatic heterocycles. The molecule has 2 heteroatoms. The number of nitrogens with zero attached hydrogens (tertiary/aromatic N) is 1. The second kappa shape index (κ2) is 4.99. The molecule has 1 heterocycles. The predicted molar refractivity (Wildman–Crippen MR) is 56.5 cm³/mol. The molecule has 0 aliphatic rings. The van der Waals surface area contributed by atoms with Crippen LogP contribution in [0.25, 0.3) is 6.08 Å². The summed E-state index contributed by atoms with van der Waals surface area (Å²) in [5.74, 6) is 0.899. The van der Waals surface area contributed by atoms with Gasteiger partial charge >= 0.3 is 0 Å². The molecule has 0 saturated heterocycles. The summed E-state index contributed by atoms with van der Waals surface area (Å²) in [6, 6.07) is 2.11. The fourth-order valence-corrected chi connectivity index (χ4v) is 1.11. The molecule has 0 atom stereocenters. The molecule has 64 valence electrons. The van der Waals surface area contributed by atoms with Gasteiger partial charge < -0.3 is 0 Å². The third kappa shape index (κ3) is 3.09. The molecule has 0 fully saturated rings. The number of rotatable bonds is 3. The van der Waals surface area contributed by atoms with Gasteiger partial charge in [0.1, 0.15) is 0 Å². The summed E-state index contributed by atoms with van der Waals surface area (Å²) in [7, 11) is 0. The van der Waals surface area contributed by atoms with E-state index in [1.54, 1.807) is 0 Å². The molecule has 0 N–H and O–H groups in total. The second-order valence-corrected chi connectivity index (χ2v) is 3.16. The zero-order valence-corrected chi connectivity index (χ0v) is 8.09. The fraction of sp³-hybridized carbons (Fsp3) is 0.300. The van der Waals surface area contributed by atoms with Gasteiger partial charge in [-0.05, 0) is 36.3 Å². The number of hydrogen-bond acceptors (Lipinski definition) is 2. The summed E-state index contributed by atoms with van der Waals surface area (Å²) >= 11 is 4.12. The first kappa shape index (κ1) is 9.33. The van der Waals surface area contributed by atoms with Crippen molar-refractivity contribution in [1.29, 1.82) is 0 Å². The van der Waals surface area contributed by atoms with Gasteiger partial charge in [0, 0.05) is 12.4 Å². The summed E-state index contributed by atoms with van der Waals surface area (Å²) in [4.78, 5) is 4.09. The van der Waals surface area contributed by atoms with Crippen LogP contribution < -0.4 is 0 Å². The molecule has 0 bridgehead atoms. The molecule has 0 aromatic carbocycles. The molecular formula is C10H13NS. The monoisotopic (exact) mass is 179 g/mol. The van der Waals surface area contributed by atoms with Gasteiger partial charge in [-0.15, -0.1) is 0 Å². The molecule has 0 saturated carbocycles. The van der Waals surface area contributed by atoms with E-state index in [9.17, 15) is 0 Å². The Morgan fingerprint density at radius 3 is 3.00 bits per heavy atom. The van der Waals surface area contributed by atoms with E-state index in [2.05, 4.69) is 35.8 Å². The van der Waals surface area contributed by atoms with E-state index in [0.717, 1.165) is 17.7 Å². The Morgan fingerprint density at radius 1 is 1.50 bits per heavy atom. The number of aryl methyl sites for hydroxylation is 1. The van der Waals surface area contributed by atoms with Crippen molar-refractivity contribution >= 4 is 18.7 Å². The molecule has 1 nitrogen and oxygen atoms in total. The number of aromatic nitrogens is 1. The van der Waals surface area contributed by atoms with Gasteiger partial charge in [0.15, 0.2) is 0 Å². The number of pyridine rings is 1. The highest BCUT2D eigenvalue weighted by Gasteiger charge is 1.86. The lowest BCUT2D eigenvalue weighted by atomic mass is 10.2. The number of thiol groups is 1. The molecule has 0 radical (unpaired) electrons. The first-order chi connectivity index (χ1) is 5.83. The van der Waals surface area contributed by atoms with Gasteiger partial charge in [-0.3, -0.25) is 4.98 Å². The lowest BCUT2D eigenvalue weighted by Gasteiger charge is -1.93. The van der Waals surface area contributed by atoms with Crippen LogP contribution in [0.3, 0.4) is 0 Å². The van der Waals surface area contributed by atoms with Crippen molar-refractivity contribution in [3.05, 3.63) is 35.7 Å². The van der Waals surface area contributed by atoms with Crippen LogP contribution >= 0.6 is 12.6 Å². The molecule has 1 rings (SSSR count). The first-order valence-electron chi connectivity index (χ1n) is 4.02. The molecule has 0 amide bonds. The smallest absolute Gasteiger partial charge is 0.0340 e. The maximum Gasteiger partial charge on any atom is 0.0340 e. The van der Waals surface area contributed by atoms with Crippen molar-refractivity contribution in [3.8, 4) is 0 Å². The topological polar surface area (TPSA) is 12.9 Å². The minimum atomic E-state index is 0.899. The summed E-state index contributed by atoms with van der Waals surface area (Å²) in [6.07, 6.45) is 8.93. The van der Waals surface area contributed by atoms with E-state index in [0.29, 0.717) is 0 Å². The van der Waals surface area contributed by atoms with Gasteiger partial charge in [0.2, 0.25) is 0 Å². The lowest BCUT2D eigenvalue weighted by molar-refractivity contribution is 1.24. The van der Waals surface area contributed by atoms with Gasteiger partial charge in [0.05, 0.1) is 0 Å². The van der Waals surface area contributed by atoms with Crippen molar-refractivity contribution in [2.75, 3.05) is 5.75 Å². The standard InChI is InChI=1S/C10H13NS/c1-9-6-10(8-11-7-9)4-2-3-5-12/h2,4,6-8,12H,3,5H2,1H3. The minimum absolute atomic E-state index is 0.899. The fourth-order valence-electron chi connectivity index (χ4n) is 0.963. The van der Waals surface area contributed by atoms with Gasteiger partial charge in [0.25, 0.3) is 0 Å². The summed E-state index contributed by atoms with van der Waals surface area (Å²) < 4.78 is 0. The highest BCUT2D eigenvalue weighted by molar-refractivity contribution is 7.80. The van der Waals surface area contributed by atoms with Crippen LogP contribution in [0.15, 0.2) is 24.5 Å². The SMILES string of the molecule is Cc1cncc(C=CCCS)c1. The van der Waals surface area contributed by atoms with Crippen LogP contribution in [0.2, 0.25) is 0 Å². The Bertz CT molecular complexity index is 268. The van der Waals surface area contributed by atoms with Gasteiger partial charge in [-0.2, -0.15) is 12.6 Å². The van der Waals surface area contributed by atoms with Crippen LogP contribution in [0.5, 0.6) is 0 Å². The van der Waals surface area contributed by atoms with Gasteiger partial charge in [-0.25, -0.2) is 0 Å². The lowest BCUT2D eigenvalue weighted by Crippen LogP contribution is -1.79. The maximum atomic E-state index is 4.12. The third-order valence-corrected chi connectivity index (χ3v) is 1.76. The van der Waals surface area contributed by atoms with Crippen LogP contribution in [-0.4, -0.2) is 10.7 Å². The normalized spacial score (nSPS) is 10.8. The van der Waals surface area contributed by atoms with Crippen molar-refractivity contribution in [3.63, 3.8) is 0 Å². The Morgan fingerprint density at radius 2 is 2.33 bits per heavy atom. The molecule has 1 aromatic rings. The molecule has 0 unspecified atom stereocenters. The molecule has 0 aliphatic heterocycles. The van der Waals surface area contributed by atoms with Crippen LogP contribution in [0.1, 0.15) is 17.5 Å². The quantitative estimate of drug-likeness (QED) is 0.704. The van der Waals surface area contributed by atoms with E-state index in [1.165, 1.54) is 5.56 Å². The first-order valence-corrected chi connectivity index (χ1v) is 4.65. The number of hydrogen-bond donors (Lipinski definition) is 1. The van der Waals surface area contributed by atoms with Crippen molar-refractivity contribution in [2.24, 2.45) is 0 Å². The van der Waals surface area contributed by atoms with E-state index in [-0.39, 0.29) is 0 Å². The van der Waals surface area contributed by atoms with Crippen molar-refractivity contribution in [2.45, 2.75) is 13.3 Å². The minimum Gasteiger partial charge on any atom is -0.264 e. The second-order valence-electron chi connectivity index (χ2n) is 2.71. The molecular weight excluding hydrogens is 166 g/mol. The summed E-state index contributed by atoms with van der Waals surface area (Å²) in [5, 5.41) is 0. The zero-order valence-electron chi connectivity index (χ0n) is 7.20. The maximum absolute atomic E-state index is 4.12. The van der Waals surface area contributed by atoms with E-state index in [1.807, 2.05) is 19.3 Å². The average molecular weight is 179 g/mol. The van der Waals surface area contributed by atoms with E-state index < -0.39 is 0 Å². The molecule has 0 spiro atoms. The highest BCUT2D eigenvalue weighted by Crippen LogP contribution is 2.03. The van der Waals surface area contributed by atoms with Crippen LogP contribution in [0, 0.1) is 6.92 Å². The highest BCUT2D eigenvalue weighted by atomic mass is 32.1. The predicted octanol–water partition coefficient (Wildman–Crippen LogP) is 2.72. The Hall–Kier alpha value is -0.760. The Labute approximate surface area is 78.9 Å².